The van der Waals surface area contributed by atoms with Crippen LogP contribution in [0.15, 0.2) is 35.7 Å². The van der Waals surface area contributed by atoms with Crippen LogP contribution < -0.4 is 11.1 Å². The third-order valence-electron chi connectivity index (χ3n) is 2.73. The maximum absolute atomic E-state index is 11.8. The van der Waals surface area contributed by atoms with Crippen molar-refractivity contribution in [3.63, 3.8) is 0 Å². The molecule has 3 N–H and O–H groups in total. The fourth-order valence-corrected chi connectivity index (χ4v) is 2.39. The Hall–Kier alpha value is -1.43. The largest absolute Gasteiger partial charge is 0.351 e. The Balaban J connectivity index is 0.00000200. The number of aromatic nitrogens is 1. The number of carbonyl (C=O) groups excluding carboxylic acids is 1. The average Bonchev–Trinajstić information content (AvgIpc) is 2.93. The summed E-state index contributed by atoms with van der Waals surface area (Å²) >= 11 is 1.42. The summed E-state index contributed by atoms with van der Waals surface area (Å²) in [7, 11) is 0. The minimum absolute atomic E-state index is 0. The van der Waals surface area contributed by atoms with Crippen molar-refractivity contribution >= 4 is 29.7 Å². The van der Waals surface area contributed by atoms with E-state index in [-0.39, 0.29) is 18.3 Å². The number of hydrogen-bond donors (Lipinski definition) is 2. The molecule has 2 rings (SSSR count). The van der Waals surface area contributed by atoms with E-state index in [1.54, 1.807) is 5.38 Å². The second-order valence-electron chi connectivity index (χ2n) is 4.18. The van der Waals surface area contributed by atoms with Crippen LogP contribution in [0.2, 0.25) is 0 Å². The van der Waals surface area contributed by atoms with Crippen LogP contribution in [-0.4, -0.2) is 17.4 Å². The first-order valence-electron chi connectivity index (χ1n) is 6.26. The lowest BCUT2D eigenvalue weighted by molar-refractivity contribution is 0.0949. The quantitative estimate of drug-likeness (QED) is 0.805. The van der Waals surface area contributed by atoms with Gasteiger partial charge < -0.3 is 11.1 Å². The number of amides is 1. The molecule has 0 saturated carbocycles. The van der Waals surface area contributed by atoms with Gasteiger partial charge in [0.05, 0.1) is 0 Å². The van der Waals surface area contributed by atoms with E-state index in [2.05, 4.69) is 22.4 Å². The number of benzene rings is 1. The SMILES string of the molecule is Cl.NCc1nc(C(=O)NCCCc2ccccc2)cs1. The lowest BCUT2D eigenvalue weighted by Crippen LogP contribution is -2.25. The molecule has 1 aromatic heterocycles. The molecule has 2 aromatic rings. The predicted octanol–water partition coefficient (Wildman–Crippen LogP) is 2.39. The molecule has 1 aromatic carbocycles. The topological polar surface area (TPSA) is 68.0 Å². The van der Waals surface area contributed by atoms with Crippen LogP contribution in [0.3, 0.4) is 0 Å². The van der Waals surface area contributed by atoms with Crippen LogP contribution in [0.5, 0.6) is 0 Å². The molecular weight excluding hydrogens is 294 g/mol. The van der Waals surface area contributed by atoms with Gasteiger partial charge in [-0.2, -0.15) is 0 Å². The van der Waals surface area contributed by atoms with Crippen LogP contribution in [-0.2, 0) is 13.0 Å². The van der Waals surface area contributed by atoms with Crippen LogP contribution >= 0.6 is 23.7 Å². The van der Waals surface area contributed by atoms with Crippen molar-refractivity contribution in [2.75, 3.05) is 6.54 Å². The number of nitrogens with two attached hydrogens (primary N) is 1. The highest BCUT2D eigenvalue weighted by molar-refractivity contribution is 7.09. The smallest absolute Gasteiger partial charge is 0.270 e. The first kappa shape index (κ1) is 16.6. The Morgan fingerprint density at radius 3 is 2.70 bits per heavy atom. The molecule has 0 aliphatic heterocycles. The summed E-state index contributed by atoms with van der Waals surface area (Å²) in [5.74, 6) is -0.121. The highest BCUT2D eigenvalue weighted by atomic mass is 35.5. The van der Waals surface area contributed by atoms with Crippen molar-refractivity contribution in [3.05, 3.63) is 52.0 Å². The summed E-state index contributed by atoms with van der Waals surface area (Å²) in [6.07, 6.45) is 1.88. The summed E-state index contributed by atoms with van der Waals surface area (Å²) < 4.78 is 0. The van der Waals surface area contributed by atoms with Crippen LogP contribution in [0.25, 0.3) is 0 Å². The molecule has 0 radical (unpaired) electrons. The normalized spacial score (nSPS) is 9.85. The summed E-state index contributed by atoms with van der Waals surface area (Å²) in [5.41, 5.74) is 7.22. The lowest BCUT2D eigenvalue weighted by atomic mass is 10.1. The Morgan fingerprint density at radius 1 is 1.30 bits per heavy atom. The Kier molecular flexibility index (Phi) is 7.22. The molecule has 6 heteroatoms. The van der Waals surface area contributed by atoms with E-state index in [9.17, 15) is 4.79 Å². The summed E-state index contributed by atoms with van der Waals surface area (Å²) in [4.78, 5) is 15.9. The third kappa shape index (κ3) is 4.92. The standard InChI is InChI=1S/C14H17N3OS.ClH/c15-9-13-17-12(10-19-13)14(18)16-8-4-7-11-5-2-1-3-6-11;/h1-3,5-6,10H,4,7-9,15H2,(H,16,18);1H. The molecule has 0 spiro atoms. The zero-order valence-corrected chi connectivity index (χ0v) is 12.7. The van der Waals surface area contributed by atoms with Crippen LogP contribution in [0.4, 0.5) is 0 Å². The van der Waals surface area contributed by atoms with E-state index in [1.165, 1.54) is 16.9 Å². The maximum Gasteiger partial charge on any atom is 0.270 e. The number of aryl methyl sites for hydroxylation is 1. The first-order chi connectivity index (χ1) is 9.29. The molecule has 0 aliphatic rings. The molecule has 1 amide bonds. The molecule has 1 heterocycles. The molecule has 0 saturated heterocycles. The van der Waals surface area contributed by atoms with Crippen LogP contribution in [0, 0.1) is 0 Å². The summed E-state index contributed by atoms with van der Waals surface area (Å²) in [5, 5.41) is 5.40. The summed E-state index contributed by atoms with van der Waals surface area (Å²) in [6, 6.07) is 10.2. The van der Waals surface area contributed by atoms with Crippen molar-refractivity contribution in [1.82, 2.24) is 10.3 Å². The molecule has 0 atom stereocenters. The second kappa shape index (κ2) is 8.68. The number of nitrogens with zero attached hydrogens (tertiary/aromatic N) is 1. The minimum Gasteiger partial charge on any atom is -0.351 e. The highest BCUT2D eigenvalue weighted by Crippen LogP contribution is 2.08. The van der Waals surface area contributed by atoms with Crippen molar-refractivity contribution in [2.45, 2.75) is 19.4 Å². The van der Waals surface area contributed by atoms with Gasteiger partial charge in [0.2, 0.25) is 0 Å². The molecule has 0 bridgehead atoms. The van der Waals surface area contributed by atoms with E-state index in [0.717, 1.165) is 17.8 Å². The lowest BCUT2D eigenvalue weighted by Gasteiger charge is -2.03. The zero-order valence-electron chi connectivity index (χ0n) is 11.0. The maximum atomic E-state index is 11.8. The van der Waals surface area contributed by atoms with Gasteiger partial charge in [0.1, 0.15) is 10.7 Å². The first-order valence-corrected chi connectivity index (χ1v) is 7.14. The van der Waals surface area contributed by atoms with E-state index < -0.39 is 0 Å². The van der Waals surface area contributed by atoms with E-state index in [4.69, 9.17) is 5.73 Å². The average molecular weight is 312 g/mol. The van der Waals surface area contributed by atoms with E-state index >= 15 is 0 Å². The number of thiazole rings is 1. The molecular formula is C14H18ClN3OS. The van der Waals surface area contributed by atoms with Crippen molar-refractivity contribution in [1.29, 1.82) is 0 Å². The number of rotatable bonds is 6. The molecule has 0 fully saturated rings. The fraction of sp³-hybridized carbons (Fsp3) is 0.286. The molecule has 0 aliphatic carbocycles. The van der Waals surface area contributed by atoms with Gasteiger partial charge in [-0.05, 0) is 18.4 Å². The highest BCUT2D eigenvalue weighted by Gasteiger charge is 2.08. The summed E-state index contributed by atoms with van der Waals surface area (Å²) in [6.45, 7) is 1.04. The number of carbonyl (C=O) groups is 1. The third-order valence-corrected chi connectivity index (χ3v) is 3.60. The van der Waals surface area contributed by atoms with Crippen molar-refractivity contribution in [2.24, 2.45) is 5.73 Å². The predicted molar refractivity (Wildman–Crippen MR) is 84.3 cm³/mol. The van der Waals surface area contributed by atoms with E-state index in [1.807, 2.05) is 18.2 Å². The Bertz CT molecular complexity index is 530. The number of halogens is 1. The molecule has 4 nitrogen and oxygen atoms in total. The number of nitrogens with one attached hydrogen (secondary N) is 1. The van der Waals surface area contributed by atoms with Crippen molar-refractivity contribution in [3.8, 4) is 0 Å². The van der Waals surface area contributed by atoms with Gasteiger partial charge in [-0.1, -0.05) is 30.3 Å². The molecule has 0 unspecified atom stereocenters. The van der Waals surface area contributed by atoms with Gasteiger partial charge in [-0.15, -0.1) is 23.7 Å². The fourth-order valence-electron chi connectivity index (χ4n) is 1.74. The molecule has 108 valence electrons. The molecule has 20 heavy (non-hydrogen) atoms. The Labute approximate surface area is 128 Å². The van der Waals surface area contributed by atoms with Gasteiger partial charge in [-0.3, -0.25) is 4.79 Å². The van der Waals surface area contributed by atoms with Gasteiger partial charge in [0.15, 0.2) is 0 Å². The van der Waals surface area contributed by atoms with Gasteiger partial charge >= 0.3 is 0 Å². The minimum atomic E-state index is -0.121. The Morgan fingerprint density at radius 2 is 2.05 bits per heavy atom. The van der Waals surface area contributed by atoms with Gasteiger partial charge in [0, 0.05) is 18.5 Å². The van der Waals surface area contributed by atoms with Gasteiger partial charge in [-0.25, -0.2) is 4.98 Å². The van der Waals surface area contributed by atoms with E-state index in [0.29, 0.717) is 18.8 Å². The zero-order chi connectivity index (χ0) is 13.5. The van der Waals surface area contributed by atoms with Crippen LogP contribution in [0.1, 0.15) is 27.5 Å². The van der Waals surface area contributed by atoms with Gasteiger partial charge in [0.25, 0.3) is 5.91 Å². The second-order valence-corrected chi connectivity index (χ2v) is 5.12. The monoisotopic (exact) mass is 311 g/mol. The number of hydrogen-bond acceptors (Lipinski definition) is 4. The van der Waals surface area contributed by atoms with Crippen molar-refractivity contribution < 1.29 is 4.79 Å².